The number of nitrogens with one attached hydrogen (secondary N) is 2. The highest BCUT2D eigenvalue weighted by Crippen LogP contribution is 2.27. The van der Waals surface area contributed by atoms with Crippen LogP contribution >= 0.6 is 11.3 Å². The Hall–Kier alpha value is -4.29. The monoisotopic (exact) mass is 524 g/mol. The fourth-order valence-corrected chi connectivity index (χ4v) is 4.47. The lowest BCUT2D eigenvalue weighted by molar-refractivity contribution is -0.134. The topological polar surface area (TPSA) is 147 Å². The van der Waals surface area contributed by atoms with Crippen molar-refractivity contribution in [2.45, 2.75) is 18.5 Å². The van der Waals surface area contributed by atoms with Gasteiger partial charge in [0.1, 0.15) is 24.4 Å². The van der Waals surface area contributed by atoms with Gasteiger partial charge in [0.2, 0.25) is 5.91 Å². The van der Waals surface area contributed by atoms with Gasteiger partial charge in [0, 0.05) is 11.8 Å². The minimum Gasteiger partial charge on any atom is -0.491 e. The van der Waals surface area contributed by atoms with E-state index in [4.69, 9.17) is 9.84 Å². The predicted octanol–water partition coefficient (Wildman–Crippen LogP) is 2.14. The summed E-state index contributed by atoms with van der Waals surface area (Å²) in [5.41, 5.74) is 1.29. The van der Waals surface area contributed by atoms with E-state index in [2.05, 4.69) is 20.4 Å². The van der Waals surface area contributed by atoms with Crippen molar-refractivity contribution in [3.63, 3.8) is 0 Å². The van der Waals surface area contributed by atoms with Crippen LogP contribution in [0.3, 0.4) is 0 Å². The quantitative estimate of drug-likeness (QED) is 0.270. The zero-order valence-electron chi connectivity index (χ0n) is 19.7. The van der Waals surface area contributed by atoms with Gasteiger partial charge in [0.15, 0.2) is 10.8 Å². The number of aliphatic hydroxyl groups is 1. The van der Waals surface area contributed by atoms with Crippen molar-refractivity contribution in [1.29, 1.82) is 0 Å². The molecule has 0 spiro atoms. The molecule has 1 aliphatic rings. The highest BCUT2D eigenvalue weighted by molar-refractivity contribution is 7.14. The van der Waals surface area contributed by atoms with Crippen molar-refractivity contribution in [2.24, 2.45) is 0 Å². The number of aliphatic hydroxyl groups excluding tert-OH is 1. The van der Waals surface area contributed by atoms with Gasteiger partial charge in [0.05, 0.1) is 13.7 Å². The summed E-state index contributed by atoms with van der Waals surface area (Å²) in [7, 11) is 1.22. The largest absolute Gasteiger partial charge is 0.491 e. The van der Waals surface area contributed by atoms with E-state index < -0.39 is 35.9 Å². The Balaban J connectivity index is 1.57. The number of amides is 4. The number of urea groups is 1. The first kappa shape index (κ1) is 25.8. The number of ether oxygens (including phenoxy) is 2. The maximum atomic E-state index is 13.4. The number of methoxy groups -OCH3 is 1. The van der Waals surface area contributed by atoms with E-state index in [9.17, 15) is 19.2 Å². The maximum absolute atomic E-state index is 13.4. The van der Waals surface area contributed by atoms with Crippen LogP contribution in [0.4, 0.5) is 9.93 Å². The number of esters is 1. The summed E-state index contributed by atoms with van der Waals surface area (Å²) in [5, 5.41) is 15.7. The van der Waals surface area contributed by atoms with Crippen LogP contribution in [0.5, 0.6) is 5.75 Å². The van der Waals surface area contributed by atoms with Crippen LogP contribution in [0, 0.1) is 0 Å². The van der Waals surface area contributed by atoms with Gasteiger partial charge in [-0.25, -0.2) is 19.5 Å². The Labute approximate surface area is 216 Å². The van der Waals surface area contributed by atoms with Gasteiger partial charge in [-0.2, -0.15) is 0 Å². The molecular formula is C25H24N4O7S. The van der Waals surface area contributed by atoms with E-state index >= 15 is 0 Å². The van der Waals surface area contributed by atoms with E-state index in [0.29, 0.717) is 11.3 Å². The molecule has 0 radical (unpaired) electrons. The minimum absolute atomic E-state index is 0.0314. The summed E-state index contributed by atoms with van der Waals surface area (Å²) in [6.45, 7) is -0.00748. The molecule has 3 N–H and O–H groups in total. The summed E-state index contributed by atoms with van der Waals surface area (Å²) in [6, 6.07) is 12.6. The van der Waals surface area contributed by atoms with Crippen molar-refractivity contribution in [3.8, 4) is 5.75 Å². The third-order valence-electron chi connectivity index (χ3n) is 5.56. The van der Waals surface area contributed by atoms with Gasteiger partial charge in [-0.05, 0) is 23.3 Å². The van der Waals surface area contributed by atoms with E-state index in [1.165, 1.54) is 12.5 Å². The molecule has 0 aliphatic carbocycles. The van der Waals surface area contributed by atoms with Crippen LogP contribution in [0.2, 0.25) is 0 Å². The molecule has 192 valence electrons. The fourth-order valence-electron chi connectivity index (χ4n) is 3.79. The highest BCUT2D eigenvalue weighted by Gasteiger charge is 2.45. The van der Waals surface area contributed by atoms with Gasteiger partial charge in [-0.15, -0.1) is 11.3 Å². The van der Waals surface area contributed by atoms with E-state index in [1.54, 1.807) is 48.5 Å². The zero-order valence-corrected chi connectivity index (χ0v) is 20.6. The van der Waals surface area contributed by atoms with Gasteiger partial charge in [0.25, 0.3) is 5.91 Å². The third-order valence-corrected chi connectivity index (χ3v) is 6.32. The van der Waals surface area contributed by atoms with Crippen molar-refractivity contribution in [2.75, 3.05) is 25.6 Å². The number of nitrogens with zero attached hydrogens (tertiary/aromatic N) is 2. The number of carbonyl (C=O) groups is 4. The molecular weight excluding hydrogens is 500 g/mol. The average Bonchev–Trinajstić information content (AvgIpc) is 3.50. The molecule has 0 unspecified atom stereocenters. The summed E-state index contributed by atoms with van der Waals surface area (Å²) < 4.78 is 9.98. The Bertz CT molecular complexity index is 1280. The lowest BCUT2D eigenvalue weighted by atomic mass is 10.0. The molecule has 1 aliphatic heterocycles. The predicted molar refractivity (Wildman–Crippen MR) is 133 cm³/mol. The van der Waals surface area contributed by atoms with Gasteiger partial charge < -0.3 is 25.2 Å². The van der Waals surface area contributed by atoms with Crippen LogP contribution in [0.25, 0.3) is 0 Å². The average molecular weight is 525 g/mol. The summed E-state index contributed by atoms with van der Waals surface area (Å²) in [5.74, 6) is -1.36. The Kier molecular flexibility index (Phi) is 8.11. The number of hydrogen-bond acceptors (Lipinski definition) is 9. The van der Waals surface area contributed by atoms with Crippen molar-refractivity contribution in [3.05, 3.63) is 76.8 Å². The number of anilines is 1. The van der Waals surface area contributed by atoms with Crippen LogP contribution in [0.1, 0.15) is 27.7 Å². The lowest BCUT2D eigenvalue weighted by Gasteiger charge is -2.24. The number of benzene rings is 2. The van der Waals surface area contributed by atoms with Crippen LogP contribution in [-0.4, -0.2) is 65.2 Å². The maximum Gasteiger partial charge on any atom is 0.357 e. The molecule has 37 heavy (non-hydrogen) atoms. The molecule has 0 bridgehead atoms. The standard InChI is InChI=1S/C25H24N4O7S/c1-35-23(33)18-14-37-24(26-18)28-21(31)19(13-15-5-3-2-4-6-15)29-22(32)20(27-25(29)34)16-7-9-17(10-8-16)36-12-11-30/h2-10,14,19-20,30H,11-13H2,1H3,(H,27,34)(H,26,28,31)/t19-,20+/m0/s1. The normalized spacial score (nSPS) is 15.7. The molecule has 1 aromatic heterocycles. The second-order valence-corrected chi connectivity index (χ2v) is 8.81. The fraction of sp³-hybridized carbons (Fsp3) is 0.240. The van der Waals surface area contributed by atoms with Crippen LogP contribution in [-0.2, 0) is 20.7 Å². The zero-order chi connectivity index (χ0) is 26.4. The SMILES string of the molecule is COC(=O)c1csc(NC(=O)[C@H](Cc2ccccc2)N2C(=O)N[C@H](c3ccc(OCCO)cc3)C2=O)n1. The molecule has 1 fully saturated rings. The molecule has 3 aromatic rings. The molecule has 2 atom stereocenters. The first-order valence-corrected chi connectivity index (χ1v) is 12.1. The first-order chi connectivity index (χ1) is 17.9. The molecule has 2 heterocycles. The van der Waals surface area contributed by atoms with Gasteiger partial charge >= 0.3 is 12.0 Å². The molecule has 4 amide bonds. The van der Waals surface area contributed by atoms with Crippen LogP contribution < -0.4 is 15.4 Å². The highest BCUT2D eigenvalue weighted by atomic mass is 32.1. The second-order valence-electron chi connectivity index (χ2n) is 7.96. The summed E-state index contributed by atoms with van der Waals surface area (Å²) in [6.07, 6.45) is 0.0712. The Morgan fingerprint density at radius 2 is 1.89 bits per heavy atom. The van der Waals surface area contributed by atoms with E-state index in [0.717, 1.165) is 21.8 Å². The number of hydrogen-bond donors (Lipinski definition) is 3. The number of imide groups is 1. The van der Waals surface area contributed by atoms with Crippen molar-refractivity contribution in [1.82, 2.24) is 15.2 Å². The molecule has 0 saturated carbocycles. The van der Waals surface area contributed by atoms with E-state index in [1.807, 2.05) is 6.07 Å². The molecule has 4 rings (SSSR count). The minimum atomic E-state index is -1.18. The molecule has 12 heteroatoms. The lowest BCUT2D eigenvalue weighted by Crippen LogP contribution is -2.49. The number of carbonyl (C=O) groups excluding carboxylic acids is 4. The third kappa shape index (κ3) is 5.93. The summed E-state index contributed by atoms with van der Waals surface area (Å²) >= 11 is 1.02. The van der Waals surface area contributed by atoms with Gasteiger partial charge in [-0.3, -0.25) is 9.59 Å². The number of thiazole rings is 1. The Morgan fingerprint density at radius 3 is 2.57 bits per heavy atom. The van der Waals surface area contributed by atoms with Crippen molar-refractivity contribution < 1.29 is 33.8 Å². The molecule has 1 saturated heterocycles. The molecule has 11 nitrogen and oxygen atoms in total. The number of aromatic nitrogens is 1. The summed E-state index contributed by atoms with van der Waals surface area (Å²) in [4.78, 5) is 56.4. The second kappa shape index (κ2) is 11.6. The van der Waals surface area contributed by atoms with Crippen LogP contribution in [0.15, 0.2) is 60.0 Å². The van der Waals surface area contributed by atoms with Gasteiger partial charge in [-0.1, -0.05) is 42.5 Å². The number of rotatable bonds is 10. The van der Waals surface area contributed by atoms with Crippen molar-refractivity contribution >= 4 is 40.3 Å². The van der Waals surface area contributed by atoms with E-state index in [-0.39, 0.29) is 30.5 Å². The Morgan fingerprint density at radius 1 is 1.16 bits per heavy atom. The molecule has 2 aromatic carbocycles. The first-order valence-electron chi connectivity index (χ1n) is 11.3. The smallest absolute Gasteiger partial charge is 0.357 e.